The van der Waals surface area contributed by atoms with Crippen molar-refractivity contribution in [2.24, 2.45) is 0 Å². The minimum Gasteiger partial charge on any atom is -0.408 e. The van der Waals surface area contributed by atoms with Crippen molar-refractivity contribution in [3.05, 3.63) is 57.7 Å². The zero-order valence-electron chi connectivity index (χ0n) is 14.6. The van der Waals surface area contributed by atoms with Crippen molar-refractivity contribution in [3.8, 4) is 0 Å². The first kappa shape index (κ1) is 18.8. The lowest BCUT2D eigenvalue weighted by Gasteiger charge is -2.35. The zero-order chi connectivity index (χ0) is 19.9. The monoisotopic (exact) mass is 412 g/mol. The molecule has 0 saturated carbocycles. The van der Waals surface area contributed by atoms with Crippen LogP contribution in [0.25, 0.3) is 11.1 Å². The molecule has 1 aliphatic heterocycles. The number of rotatable bonds is 3. The van der Waals surface area contributed by atoms with Crippen LogP contribution in [0.15, 0.2) is 45.7 Å². The lowest BCUT2D eigenvalue weighted by Crippen LogP contribution is -2.47. The van der Waals surface area contributed by atoms with Crippen LogP contribution in [-0.2, 0) is 12.8 Å². The van der Waals surface area contributed by atoms with Crippen LogP contribution >= 0.6 is 11.6 Å². The predicted octanol–water partition coefficient (Wildman–Crippen LogP) is 3.44. The Morgan fingerprint density at radius 2 is 1.86 bits per heavy atom. The number of hydrogen-bond donors (Lipinski definition) is 0. The van der Waals surface area contributed by atoms with Crippen LogP contribution in [0.5, 0.6) is 0 Å². The van der Waals surface area contributed by atoms with Gasteiger partial charge in [0.1, 0.15) is 5.82 Å². The summed E-state index contributed by atoms with van der Waals surface area (Å²) >= 11 is 6.01. The summed E-state index contributed by atoms with van der Waals surface area (Å²) in [6.45, 7) is 2.78. The van der Waals surface area contributed by atoms with Gasteiger partial charge in [0.05, 0.1) is 17.7 Å². The van der Waals surface area contributed by atoms with Gasteiger partial charge in [0.25, 0.3) is 0 Å². The molecule has 1 aliphatic rings. The summed E-state index contributed by atoms with van der Waals surface area (Å²) in [5.41, 5.74) is 0.339. The number of piperazine rings is 1. The minimum atomic E-state index is -4.40. The van der Waals surface area contributed by atoms with E-state index in [-0.39, 0.29) is 0 Å². The fraction of sp³-hybridized carbons (Fsp3) is 0.333. The molecule has 1 aromatic carbocycles. The SMILES string of the molecule is O=c1oc2ccc(Cl)cc2n1CN1CCN(c2ccc(C(F)(F)F)cn2)CC1. The third kappa shape index (κ3) is 3.72. The largest absolute Gasteiger partial charge is 0.421 e. The first-order valence-corrected chi connectivity index (χ1v) is 8.98. The summed E-state index contributed by atoms with van der Waals surface area (Å²) in [6.07, 6.45) is -3.55. The van der Waals surface area contributed by atoms with E-state index in [9.17, 15) is 18.0 Å². The second-order valence-electron chi connectivity index (χ2n) is 6.56. The summed E-state index contributed by atoms with van der Waals surface area (Å²) in [6, 6.07) is 7.42. The van der Waals surface area contributed by atoms with Gasteiger partial charge in [-0.25, -0.2) is 9.78 Å². The first-order valence-electron chi connectivity index (χ1n) is 8.61. The van der Waals surface area contributed by atoms with Crippen molar-refractivity contribution >= 4 is 28.5 Å². The zero-order valence-corrected chi connectivity index (χ0v) is 15.4. The van der Waals surface area contributed by atoms with E-state index < -0.39 is 17.5 Å². The van der Waals surface area contributed by atoms with E-state index in [1.807, 2.05) is 4.90 Å². The highest BCUT2D eigenvalue weighted by Crippen LogP contribution is 2.29. The summed E-state index contributed by atoms with van der Waals surface area (Å²) < 4.78 is 44.7. The van der Waals surface area contributed by atoms with E-state index in [2.05, 4.69) is 9.88 Å². The molecule has 0 bridgehead atoms. The normalized spacial score (nSPS) is 16.1. The van der Waals surface area contributed by atoms with Gasteiger partial charge in [0, 0.05) is 37.4 Å². The molecule has 148 valence electrons. The summed E-state index contributed by atoms with van der Waals surface area (Å²) in [5, 5.41) is 0.514. The molecule has 10 heteroatoms. The highest BCUT2D eigenvalue weighted by molar-refractivity contribution is 6.31. The number of anilines is 1. The molecule has 0 atom stereocenters. The van der Waals surface area contributed by atoms with Crippen molar-refractivity contribution < 1.29 is 17.6 Å². The number of benzene rings is 1. The van der Waals surface area contributed by atoms with E-state index in [1.165, 1.54) is 10.6 Å². The third-order valence-electron chi connectivity index (χ3n) is 4.74. The second kappa shape index (κ2) is 7.14. The van der Waals surface area contributed by atoms with Crippen molar-refractivity contribution in [1.29, 1.82) is 0 Å². The average Bonchev–Trinajstić information content (AvgIpc) is 2.97. The van der Waals surface area contributed by atoms with Gasteiger partial charge >= 0.3 is 11.9 Å². The van der Waals surface area contributed by atoms with Gasteiger partial charge < -0.3 is 9.32 Å². The molecule has 0 aliphatic carbocycles. The highest BCUT2D eigenvalue weighted by atomic mass is 35.5. The maximum atomic E-state index is 12.7. The molecular formula is C18H16ClF3N4O2. The second-order valence-corrected chi connectivity index (χ2v) is 6.99. The fourth-order valence-corrected chi connectivity index (χ4v) is 3.39. The Morgan fingerprint density at radius 3 is 2.50 bits per heavy atom. The number of oxazole rings is 1. The van der Waals surface area contributed by atoms with Crippen molar-refractivity contribution in [2.75, 3.05) is 31.1 Å². The maximum Gasteiger partial charge on any atom is 0.421 e. The highest BCUT2D eigenvalue weighted by Gasteiger charge is 2.31. The van der Waals surface area contributed by atoms with Gasteiger partial charge in [-0.15, -0.1) is 0 Å². The maximum absolute atomic E-state index is 12.7. The van der Waals surface area contributed by atoms with Crippen LogP contribution in [0.3, 0.4) is 0 Å². The Kier molecular flexibility index (Phi) is 4.80. The molecule has 28 heavy (non-hydrogen) atoms. The van der Waals surface area contributed by atoms with E-state index in [4.69, 9.17) is 16.0 Å². The molecule has 0 unspecified atom stereocenters. The van der Waals surface area contributed by atoms with Crippen LogP contribution in [-0.4, -0.2) is 40.6 Å². The molecule has 2 aromatic heterocycles. The fourth-order valence-electron chi connectivity index (χ4n) is 3.23. The molecule has 0 spiro atoms. The number of aromatic nitrogens is 2. The van der Waals surface area contributed by atoms with E-state index in [0.29, 0.717) is 54.8 Å². The Morgan fingerprint density at radius 1 is 1.11 bits per heavy atom. The molecule has 1 saturated heterocycles. The summed E-state index contributed by atoms with van der Waals surface area (Å²) in [5.74, 6) is 0.0504. The van der Waals surface area contributed by atoms with E-state index >= 15 is 0 Å². The topological polar surface area (TPSA) is 54.5 Å². The third-order valence-corrected chi connectivity index (χ3v) is 4.98. The molecule has 6 nitrogen and oxygen atoms in total. The van der Waals surface area contributed by atoms with Crippen LogP contribution in [0, 0.1) is 0 Å². The molecule has 3 heterocycles. The van der Waals surface area contributed by atoms with Crippen LogP contribution in [0.2, 0.25) is 5.02 Å². The molecule has 0 amide bonds. The summed E-state index contributed by atoms with van der Waals surface area (Å²) in [7, 11) is 0. The van der Waals surface area contributed by atoms with Gasteiger partial charge in [-0.3, -0.25) is 9.47 Å². The van der Waals surface area contributed by atoms with Gasteiger partial charge in [-0.05, 0) is 30.3 Å². The standard InChI is InChI=1S/C18H16ClF3N4O2/c19-13-2-3-15-14(9-13)26(17(27)28-15)11-24-5-7-25(8-6-24)16-4-1-12(10-23-16)18(20,21)22/h1-4,9-10H,5-8,11H2. The number of fused-ring (bicyclic) bond motifs is 1. The smallest absolute Gasteiger partial charge is 0.408 e. The number of alkyl halides is 3. The van der Waals surface area contributed by atoms with Crippen molar-refractivity contribution in [2.45, 2.75) is 12.8 Å². The molecule has 0 N–H and O–H groups in total. The Hall–Kier alpha value is -2.52. The van der Waals surface area contributed by atoms with E-state index in [1.54, 1.807) is 18.2 Å². The van der Waals surface area contributed by atoms with Crippen LogP contribution in [0.4, 0.5) is 19.0 Å². The molecule has 0 radical (unpaired) electrons. The number of hydrogen-bond acceptors (Lipinski definition) is 5. The van der Waals surface area contributed by atoms with Crippen LogP contribution < -0.4 is 10.7 Å². The lowest BCUT2D eigenvalue weighted by molar-refractivity contribution is -0.137. The number of halogens is 4. The molecule has 3 aromatic rings. The van der Waals surface area contributed by atoms with Crippen molar-refractivity contribution in [3.63, 3.8) is 0 Å². The quantitative estimate of drug-likeness (QED) is 0.659. The van der Waals surface area contributed by atoms with E-state index in [0.717, 1.165) is 12.3 Å². The lowest BCUT2D eigenvalue weighted by atomic mass is 10.2. The Bertz CT molecular complexity index is 1040. The average molecular weight is 413 g/mol. The van der Waals surface area contributed by atoms with Gasteiger partial charge in [0.2, 0.25) is 0 Å². The van der Waals surface area contributed by atoms with Gasteiger partial charge in [0.15, 0.2) is 5.58 Å². The molecule has 1 fully saturated rings. The molecule has 4 rings (SSSR count). The Labute approximate surface area is 162 Å². The number of pyridine rings is 1. The van der Waals surface area contributed by atoms with Crippen molar-refractivity contribution in [1.82, 2.24) is 14.5 Å². The van der Waals surface area contributed by atoms with Gasteiger partial charge in [-0.2, -0.15) is 13.2 Å². The minimum absolute atomic E-state index is 0.348. The van der Waals surface area contributed by atoms with Crippen LogP contribution in [0.1, 0.15) is 5.56 Å². The predicted molar refractivity (Wildman–Crippen MR) is 98.5 cm³/mol. The Balaban J connectivity index is 1.43. The first-order chi connectivity index (χ1) is 13.3. The molecular weight excluding hydrogens is 397 g/mol. The van der Waals surface area contributed by atoms with Gasteiger partial charge in [-0.1, -0.05) is 11.6 Å². The summed E-state index contributed by atoms with van der Waals surface area (Å²) in [4.78, 5) is 20.1. The number of nitrogens with zero attached hydrogens (tertiary/aromatic N) is 4.